The molecule has 164 valence electrons. The summed E-state index contributed by atoms with van der Waals surface area (Å²) in [6.45, 7) is 0. The second kappa shape index (κ2) is 9.17. The molecule has 5 rings (SSSR count). The molecule has 4 aromatic rings. The second-order valence-electron chi connectivity index (χ2n) is 7.72. The van der Waals surface area contributed by atoms with Gasteiger partial charge in [0.05, 0.1) is 11.1 Å². The number of nitrogens with zero attached hydrogens (tertiary/aromatic N) is 2. The molecule has 3 aromatic heterocycles. The average molecular weight is 483 g/mol. The van der Waals surface area contributed by atoms with Gasteiger partial charge in [0.1, 0.15) is 10.7 Å². The van der Waals surface area contributed by atoms with Crippen molar-refractivity contribution in [3.8, 4) is 11.3 Å². The number of thiazole rings is 1. The predicted molar refractivity (Wildman–Crippen MR) is 133 cm³/mol. The Morgan fingerprint density at radius 3 is 2.81 bits per heavy atom. The maximum Gasteiger partial charge on any atom is 0.259 e. The van der Waals surface area contributed by atoms with Crippen molar-refractivity contribution in [2.24, 2.45) is 0 Å². The van der Waals surface area contributed by atoms with E-state index in [0.717, 1.165) is 40.7 Å². The molecule has 0 unspecified atom stereocenters. The summed E-state index contributed by atoms with van der Waals surface area (Å²) in [4.78, 5) is 40.5. The topological polar surface area (TPSA) is 87.7 Å². The van der Waals surface area contributed by atoms with Crippen molar-refractivity contribution in [2.75, 3.05) is 11.6 Å². The van der Waals surface area contributed by atoms with E-state index in [1.807, 2.05) is 23.8 Å². The zero-order chi connectivity index (χ0) is 22.1. The van der Waals surface area contributed by atoms with Crippen LogP contribution in [0.25, 0.3) is 21.5 Å². The highest BCUT2D eigenvalue weighted by atomic mass is 32.2. The lowest BCUT2D eigenvalue weighted by atomic mass is 9.97. The van der Waals surface area contributed by atoms with Gasteiger partial charge in [-0.3, -0.25) is 9.59 Å². The van der Waals surface area contributed by atoms with Crippen LogP contribution in [-0.2, 0) is 24.1 Å². The molecule has 1 amide bonds. The predicted octanol–water partition coefficient (Wildman–Crippen LogP) is 5.28. The van der Waals surface area contributed by atoms with E-state index in [-0.39, 0.29) is 17.9 Å². The van der Waals surface area contributed by atoms with Crippen LogP contribution in [0.2, 0.25) is 0 Å². The largest absolute Gasteiger partial charge is 0.310 e. The number of aromatic nitrogens is 3. The van der Waals surface area contributed by atoms with Crippen LogP contribution in [0.15, 0.2) is 39.3 Å². The zero-order valence-corrected chi connectivity index (χ0v) is 20.0. The summed E-state index contributed by atoms with van der Waals surface area (Å²) in [5.74, 6) is 0.418. The fourth-order valence-corrected chi connectivity index (χ4v) is 6.39. The number of thioether (sulfide) groups is 1. The minimum absolute atomic E-state index is 0.0816. The number of hydrogen-bond donors (Lipinski definition) is 2. The minimum Gasteiger partial charge on any atom is -0.310 e. The monoisotopic (exact) mass is 482 g/mol. The van der Waals surface area contributed by atoms with Gasteiger partial charge in [-0.25, -0.2) is 9.97 Å². The number of anilines is 1. The van der Waals surface area contributed by atoms with Crippen molar-refractivity contribution < 1.29 is 4.79 Å². The number of benzene rings is 1. The Morgan fingerprint density at radius 2 is 2.00 bits per heavy atom. The molecule has 6 nitrogen and oxygen atoms in total. The maximum atomic E-state index is 12.6. The summed E-state index contributed by atoms with van der Waals surface area (Å²) in [5, 5.41) is 6.12. The van der Waals surface area contributed by atoms with E-state index in [2.05, 4.69) is 32.4 Å². The average Bonchev–Trinajstić information content (AvgIpc) is 3.42. The Morgan fingerprint density at radius 1 is 1.19 bits per heavy atom. The van der Waals surface area contributed by atoms with Gasteiger partial charge in [-0.2, -0.15) is 0 Å². The molecule has 0 saturated carbocycles. The molecule has 2 N–H and O–H groups in total. The molecule has 0 fully saturated rings. The lowest BCUT2D eigenvalue weighted by molar-refractivity contribution is -0.116. The third-order valence-corrected chi connectivity index (χ3v) is 8.29. The molecule has 0 radical (unpaired) electrons. The number of amides is 1. The highest BCUT2D eigenvalue weighted by Crippen LogP contribution is 2.33. The molecule has 0 atom stereocenters. The summed E-state index contributed by atoms with van der Waals surface area (Å²) in [6.07, 6.45) is 6.95. The first-order valence-electron chi connectivity index (χ1n) is 10.5. The number of fused-ring (bicyclic) bond motifs is 3. The smallest absolute Gasteiger partial charge is 0.259 e. The molecule has 0 spiro atoms. The van der Waals surface area contributed by atoms with E-state index >= 15 is 0 Å². The van der Waals surface area contributed by atoms with Gasteiger partial charge in [-0.05, 0) is 49.6 Å². The van der Waals surface area contributed by atoms with E-state index in [9.17, 15) is 9.59 Å². The maximum absolute atomic E-state index is 12.6. The molecule has 0 aliphatic heterocycles. The van der Waals surface area contributed by atoms with Crippen molar-refractivity contribution in [3.05, 3.63) is 56.3 Å². The number of carbonyl (C=O) groups is 1. The van der Waals surface area contributed by atoms with Crippen molar-refractivity contribution in [1.82, 2.24) is 15.0 Å². The van der Waals surface area contributed by atoms with Crippen LogP contribution in [0.3, 0.4) is 0 Å². The second-order valence-corrected chi connectivity index (χ2v) is 10.5. The van der Waals surface area contributed by atoms with Gasteiger partial charge in [0.15, 0.2) is 5.13 Å². The van der Waals surface area contributed by atoms with Gasteiger partial charge in [0.25, 0.3) is 5.56 Å². The van der Waals surface area contributed by atoms with Crippen molar-refractivity contribution in [3.63, 3.8) is 0 Å². The highest BCUT2D eigenvalue weighted by Gasteiger charge is 2.20. The van der Waals surface area contributed by atoms with Crippen LogP contribution in [0, 0.1) is 0 Å². The Hall–Kier alpha value is -2.49. The lowest BCUT2D eigenvalue weighted by Crippen LogP contribution is -2.16. The SMILES string of the molecule is CSc1ccc(-c2csc(NC(=O)CCc3nc4sc5c(c4c(=O)[nH]3)CCCC5)n2)cc1. The van der Waals surface area contributed by atoms with Gasteiger partial charge < -0.3 is 10.3 Å². The van der Waals surface area contributed by atoms with Crippen molar-refractivity contribution in [1.29, 1.82) is 0 Å². The lowest BCUT2D eigenvalue weighted by Gasteiger charge is -2.09. The van der Waals surface area contributed by atoms with Gasteiger partial charge >= 0.3 is 0 Å². The number of rotatable bonds is 6. The van der Waals surface area contributed by atoms with E-state index in [0.29, 0.717) is 17.4 Å². The van der Waals surface area contributed by atoms with Crippen LogP contribution >= 0.6 is 34.4 Å². The van der Waals surface area contributed by atoms with Crippen LogP contribution in [-0.4, -0.2) is 27.1 Å². The Labute approximate surface area is 197 Å². The molecular weight excluding hydrogens is 460 g/mol. The summed E-state index contributed by atoms with van der Waals surface area (Å²) in [6, 6.07) is 8.19. The number of hydrogen-bond acceptors (Lipinski definition) is 7. The van der Waals surface area contributed by atoms with E-state index in [1.165, 1.54) is 33.1 Å². The van der Waals surface area contributed by atoms with Gasteiger partial charge in [0.2, 0.25) is 5.91 Å². The molecular formula is C23H22N4O2S3. The molecule has 9 heteroatoms. The number of thiophene rings is 1. The number of H-pyrrole nitrogens is 1. The molecule has 3 heterocycles. The van der Waals surface area contributed by atoms with Crippen molar-refractivity contribution >= 4 is 55.7 Å². The summed E-state index contributed by atoms with van der Waals surface area (Å²) >= 11 is 4.73. The quantitative estimate of drug-likeness (QED) is 0.365. The minimum atomic E-state index is -0.142. The summed E-state index contributed by atoms with van der Waals surface area (Å²) < 4.78 is 0. The standard InChI is InChI=1S/C23H22N4O2S3/c1-30-14-8-6-13(7-9-14)16-12-31-23(24-16)27-19(28)11-10-18-25-21(29)20-15-4-2-3-5-17(15)32-22(20)26-18/h6-9,12H,2-5,10-11H2,1H3,(H,24,27,28)(H,25,26,29). The third-order valence-electron chi connectivity index (χ3n) is 5.60. The van der Waals surface area contributed by atoms with Crippen molar-refractivity contribution in [2.45, 2.75) is 43.4 Å². The number of aryl methyl sites for hydroxylation is 3. The van der Waals surface area contributed by atoms with Crippen LogP contribution in [0.1, 0.15) is 35.5 Å². The first-order valence-corrected chi connectivity index (χ1v) is 13.5. The first kappa shape index (κ1) is 21.4. The fourth-order valence-electron chi connectivity index (χ4n) is 3.97. The normalized spacial score (nSPS) is 13.3. The van der Waals surface area contributed by atoms with Crippen LogP contribution in [0.5, 0.6) is 0 Å². The van der Waals surface area contributed by atoms with Gasteiger partial charge in [0, 0.05) is 33.6 Å². The Bertz CT molecular complexity index is 1340. The van der Waals surface area contributed by atoms with Crippen LogP contribution in [0.4, 0.5) is 5.13 Å². The molecule has 1 aliphatic rings. The Kier molecular flexibility index (Phi) is 6.12. The summed E-state index contributed by atoms with van der Waals surface area (Å²) in [7, 11) is 0. The third kappa shape index (κ3) is 4.37. The van der Waals surface area contributed by atoms with E-state index in [4.69, 9.17) is 0 Å². The molecule has 0 saturated heterocycles. The number of nitrogens with one attached hydrogen (secondary N) is 2. The number of aromatic amines is 1. The first-order chi connectivity index (χ1) is 15.6. The van der Waals surface area contributed by atoms with Crippen LogP contribution < -0.4 is 10.9 Å². The molecule has 1 aliphatic carbocycles. The molecule has 1 aromatic carbocycles. The van der Waals surface area contributed by atoms with E-state index < -0.39 is 0 Å². The summed E-state index contributed by atoms with van der Waals surface area (Å²) in [5.41, 5.74) is 2.96. The van der Waals surface area contributed by atoms with Gasteiger partial charge in [-0.15, -0.1) is 34.4 Å². The van der Waals surface area contributed by atoms with E-state index in [1.54, 1.807) is 23.1 Å². The highest BCUT2D eigenvalue weighted by molar-refractivity contribution is 7.98. The Balaban J connectivity index is 1.24. The fraction of sp³-hybridized carbons (Fsp3) is 0.304. The zero-order valence-electron chi connectivity index (χ0n) is 17.6. The number of carbonyl (C=O) groups excluding carboxylic acids is 1. The van der Waals surface area contributed by atoms with Gasteiger partial charge in [-0.1, -0.05) is 12.1 Å². The molecule has 32 heavy (non-hydrogen) atoms. The molecule has 0 bridgehead atoms.